The van der Waals surface area contributed by atoms with E-state index in [-0.39, 0.29) is 5.92 Å². The molecule has 0 radical (unpaired) electrons. The van der Waals surface area contributed by atoms with Crippen LogP contribution < -0.4 is 0 Å². The number of rotatable bonds is 1. The van der Waals surface area contributed by atoms with Crippen molar-refractivity contribution in [3.63, 3.8) is 0 Å². The van der Waals surface area contributed by atoms with Crippen molar-refractivity contribution >= 4 is 0 Å². The number of alkyl halides is 3. The molecule has 5 heteroatoms. The van der Waals surface area contributed by atoms with Crippen LogP contribution in [0.4, 0.5) is 13.2 Å². The normalized spacial score (nSPS) is 13.4. The Kier molecular flexibility index (Phi) is 2.75. The molecule has 1 atom stereocenters. The summed E-state index contributed by atoms with van der Waals surface area (Å²) >= 11 is 0. The van der Waals surface area contributed by atoms with Gasteiger partial charge in [0.2, 0.25) is 5.82 Å². The van der Waals surface area contributed by atoms with E-state index in [1.807, 2.05) is 0 Å². The summed E-state index contributed by atoms with van der Waals surface area (Å²) in [6.45, 7) is 1.69. The van der Waals surface area contributed by atoms with Crippen LogP contribution in [0.3, 0.4) is 0 Å². The molecule has 0 aliphatic rings. The first-order chi connectivity index (χ1) is 6.45. The van der Waals surface area contributed by atoms with Gasteiger partial charge in [-0.25, -0.2) is 9.97 Å². The molecule has 0 bridgehead atoms. The van der Waals surface area contributed by atoms with E-state index in [9.17, 15) is 13.2 Å². The molecule has 0 spiro atoms. The van der Waals surface area contributed by atoms with Gasteiger partial charge in [0, 0.05) is 23.9 Å². The third-order valence-electron chi connectivity index (χ3n) is 1.68. The zero-order chi connectivity index (χ0) is 10.8. The standard InChI is InChI=1S/C9H7F3N2/c1-3-6(2)7-4-13-8(14-5-7)9(10,11)12/h1,4-6H,2H3/t6-/m1/s1. The maximum atomic E-state index is 12.0. The molecule has 1 rings (SSSR count). The fourth-order valence-corrected chi connectivity index (χ4v) is 0.804. The Morgan fingerprint density at radius 3 is 2.21 bits per heavy atom. The van der Waals surface area contributed by atoms with Crippen molar-refractivity contribution in [2.75, 3.05) is 0 Å². The molecule has 1 aromatic heterocycles. The second-order valence-electron chi connectivity index (χ2n) is 2.73. The van der Waals surface area contributed by atoms with Crippen LogP contribution in [-0.2, 0) is 6.18 Å². The molecule has 0 N–H and O–H groups in total. The third kappa shape index (κ3) is 2.22. The van der Waals surface area contributed by atoms with Gasteiger partial charge in [0.25, 0.3) is 0 Å². The van der Waals surface area contributed by atoms with E-state index in [4.69, 9.17) is 6.42 Å². The van der Waals surface area contributed by atoms with Gasteiger partial charge in [0.05, 0.1) is 0 Å². The van der Waals surface area contributed by atoms with Crippen LogP contribution in [0.1, 0.15) is 24.2 Å². The molecular formula is C9H7F3N2. The van der Waals surface area contributed by atoms with Gasteiger partial charge in [-0.1, -0.05) is 5.92 Å². The lowest BCUT2D eigenvalue weighted by Gasteiger charge is -2.06. The molecule has 0 fully saturated rings. The Morgan fingerprint density at radius 2 is 1.86 bits per heavy atom. The number of aromatic nitrogens is 2. The van der Waals surface area contributed by atoms with Gasteiger partial charge in [0.15, 0.2) is 0 Å². The highest BCUT2D eigenvalue weighted by atomic mass is 19.4. The summed E-state index contributed by atoms with van der Waals surface area (Å²) in [6.07, 6.45) is 2.79. The van der Waals surface area contributed by atoms with Crippen LogP contribution >= 0.6 is 0 Å². The quantitative estimate of drug-likeness (QED) is 0.649. The first kappa shape index (κ1) is 10.5. The molecule has 14 heavy (non-hydrogen) atoms. The van der Waals surface area contributed by atoms with E-state index < -0.39 is 12.0 Å². The van der Waals surface area contributed by atoms with Crippen molar-refractivity contribution in [2.24, 2.45) is 0 Å². The van der Waals surface area contributed by atoms with Gasteiger partial charge in [-0.05, 0) is 6.92 Å². The number of terminal acetylenes is 1. The summed E-state index contributed by atoms with van der Waals surface area (Å²) in [4.78, 5) is 6.37. The topological polar surface area (TPSA) is 25.8 Å². The lowest BCUT2D eigenvalue weighted by Crippen LogP contribution is -2.11. The Hall–Kier alpha value is -1.57. The second-order valence-corrected chi connectivity index (χ2v) is 2.73. The van der Waals surface area contributed by atoms with Gasteiger partial charge in [-0.15, -0.1) is 6.42 Å². The van der Waals surface area contributed by atoms with E-state index >= 15 is 0 Å². The molecule has 0 unspecified atom stereocenters. The minimum absolute atomic E-state index is 0.280. The zero-order valence-corrected chi connectivity index (χ0v) is 7.34. The predicted octanol–water partition coefficient (Wildman–Crippen LogP) is 2.23. The fraction of sp³-hybridized carbons (Fsp3) is 0.333. The molecule has 0 saturated heterocycles. The highest BCUT2D eigenvalue weighted by Crippen LogP contribution is 2.25. The van der Waals surface area contributed by atoms with Gasteiger partial charge >= 0.3 is 6.18 Å². The lowest BCUT2D eigenvalue weighted by molar-refractivity contribution is -0.145. The van der Waals surface area contributed by atoms with Crippen molar-refractivity contribution in [1.82, 2.24) is 9.97 Å². The Morgan fingerprint density at radius 1 is 1.36 bits per heavy atom. The smallest absolute Gasteiger partial charge is 0.233 e. The second kappa shape index (κ2) is 3.66. The van der Waals surface area contributed by atoms with Crippen LogP contribution in [0.15, 0.2) is 12.4 Å². The lowest BCUT2D eigenvalue weighted by atomic mass is 10.1. The monoisotopic (exact) mass is 200 g/mol. The zero-order valence-electron chi connectivity index (χ0n) is 7.34. The Bertz CT molecular complexity index is 348. The summed E-state index contributed by atoms with van der Waals surface area (Å²) in [7, 11) is 0. The van der Waals surface area contributed by atoms with E-state index in [0.29, 0.717) is 5.56 Å². The molecule has 0 aliphatic heterocycles. The van der Waals surface area contributed by atoms with E-state index in [2.05, 4.69) is 15.9 Å². The molecule has 74 valence electrons. The highest BCUT2D eigenvalue weighted by Gasteiger charge is 2.34. The maximum absolute atomic E-state index is 12.0. The number of halogens is 3. The Balaban J connectivity index is 2.96. The minimum atomic E-state index is -4.50. The third-order valence-corrected chi connectivity index (χ3v) is 1.68. The van der Waals surface area contributed by atoms with Gasteiger partial charge in [0.1, 0.15) is 0 Å². The van der Waals surface area contributed by atoms with Crippen molar-refractivity contribution in [3.05, 3.63) is 23.8 Å². The van der Waals surface area contributed by atoms with Crippen LogP contribution in [0, 0.1) is 12.3 Å². The van der Waals surface area contributed by atoms with E-state index in [1.165, 1.54) is 0 Å². The van der Waals surface area contributed by atoms with Crippen LogP contribution in [-0.4, -0.2) is 9.97 Å². The summed E-state index contributed by atoms with van der Waals surface area (Å²) in [5, 5.41) is 0. The SMILES string of the molecule is C#C[C@@H](C)c1cnc(C(F)(F)F)nc1. The molecule has 1 heterocycles. The molecule has 1 aromatic rings. The van der Waals surface area contributed by atoms with Crippen LogP contribution in [0.5, 0.6) is 0 Å². The summed E-state index contributed by atoms with van der Waals surface area (Å²) in [6, 6.07) is 0. The summed E-state index contributed by atoms with van der Waals surface area (Å²) in [5.41, 5.74) is 0.500. The molecule has 0 aliphatic carbocycles. The van der Waals surface area contributed by atoms with Gasteiger partial charge < -0.3 is 0 Å². The first-order valence-electron chi connectivity index (χ1n) is 3.80. The average molecular weight is 200 g/mol. The van der Waals surface area contributed by atoms with Crippen molar-refractivity contribution in [2.45, 2.75) is 19.0 Å². The van der Waals surface area contributed by atoms with Crippen LogP contribution in [0.25, 0.3) is 0 Å². The molecule has 0 amide bonds. The summed E-state index contributed by atoms with van der Waals surface area (Å²) in [5.74, 6) is 0.950. The van der Waals surface area contributed by atoms with Crippen molar-refractivity contribution in [3.8, 4) is 12.3 Å². The largest absolute Gasteiger partial charge is 0.451 e. The summed E-state index contributed by atoms with van der Waals surface area (Å²) < 4.78 is 36.1. The molecule has 0 aromatic carbocycles. The number of hydrogen-bond acceptors (Lipinski definition) is 2. The fourth-order valence-electron chi connectivity index (χ4n) is 0.804. The minimum Gasteiger partial charge on any atom is -0.233 e. The highest BCUT2D eigenvalue weighted by molar-refractivity contribution is 5.20. The van der Waals surface area contributed by atoms with Crippen LogP contribution in [0.2, 0.25) is 0 Å². The number of hydrogen-bond donors (Lipinski definition) is 0. The van der Waals surface area contributed by atoms with Crippen molar-refractivity contribution < 1.29 is 13.2 Å². The first-order valence-corrected chi connectivity index (χ1v) is 3.80. The molecule has 0 saturated carbocycles. The predicted molar refractivity (Wildman–Crippen MR) is 44.3 cm³/mol. The maximum Gasteiger partial charge on any atom is 0.451 e. The molecule has 2 nitrogen and oxygen atoms in total. The van der Waals surface area contributed by atoms with Crippen molar-refractivity contribution in [1.29, 1.82) is 0 Å². The average Bonchev–Trinajstić information content (AvgIpc) is 2.15. The van der Waals surface area contributed by atoms with Gasteiger partial charge in [-0.3, -0.25) is 0 Å². The van der Waals surface area contributed by atoms with Gasteiger partial charge in [-0.2, -0.15) is 13.2 Å². The van der Waals surface area contributed by atoms with E-state index in [0.717, 1.165) is 12.4 Å². The van der Waals surface area contributed by atoms with E-state index in [1.54, 1.807) is 6.92 Å². The molecular weight excluding hydrogens is 193 g/mol. The Labute approximate surface area is 79.2 Å². The number of nitrogens with zero attached hydrogens (tertiary/aromatic N) is 2.